The molecule has 0 aromatic rings. The molecule has 0 spiro atoms. The molecule has 1 amide bonds. The maximum Gasteiger partial charge on any atom is 0.240 e. The molecule has 10 heavy (non-hydrogen) atoms. The highest BCUT2D eigenvalue weighted by molar-refractivity contribution is 8.14. The first kappa shape index (κ1) is 7.88. The molecule has 5 heteroatoms. The molecule has 0 aliphatic carbocycles. The summed E-state index contributed by atoms with van der Waals surface area (Å²) in [6.07, 6.45) is 0. The van der Waals surface area contributed by atoms with Gasteiger partial charge in [0.05, 0.1) is 6.54 Å². The molecule has 0 aromatic carbocycles. The minimum absolute atomic E-state index is 0.000417. The molecule has 0 atom stereocenters. The van der Waals surface area contributed by atoms with Crippen molar-refractivity contribution in [1.29, 1.82) is 0 Å². The summed E-state index contributed by atoms with van der Waals surface area (Å²) in [5.41, 5.74) is 0. The predicted molar refractivity (Wildman–Crippen MR) is 43.6 cm³/mol. The summed E-state index contributed by atoms with van der Waals surface area (Å²) in [4.78, 5) is 14.6. The predicted octanol–water partition coefficient (Wildman–Crippen LogP) is 0.444. The number of alkyl halides is 1. The van der Waals surface area contributed by atoms with E-state index in [1.54, 1.807) is 11.8 Å². The summed E-state index contributed by atoms with van der Waals surface area (Å²) in [5, 5.41) is 3.27. The van der Waals surface area contributed by atoms with Gasteiger partial charge in [-0.1, -0.05) is 11.8 Å². The maximum absolute atomic E-state index is 10.6. The van der Waals surface area contributed by atoms with Crippen LogP contribution < -0.4 is 5.32 Å². The first-order chi connectivity index (χ1) is 4.83. The average Bonchev–Trinajstić information content (AvgIpc) is 2.40. The van der Waals surface area contributed by atoms with Gasteiger partial charge in [-0.25, -0.2) is 0 Å². The summed E-state index contributed by atoms with van der Waals surface area (Å²) in [7, 11) is 0. The Hall–Kier alpha value is -0.220. The Morgan fingerprint density at radius 1 is 1.90 bits per heavy atom. The molecule has 0 unspecified atom stereocenters. The van der Waals surface area contributed by atoms with Gasteiger partial charge in [-0.05, 0) is 0 Å². The Morgan fingerprint density at radius 3 is 3.20 bits per heavy atom. The third kappa shape index (κ3) is 2.19. The molecule has 1 N–H and O–H groups in total. The number of nitrogens with zero attached hydrogens (tertiary/aromatic N) is 1. The summed E-state index contributed by atoms with van der Waals surface area (Å²) < 4.78 is 0. The molecule has 0 bridgehead atoms. The van der Waals surface area contributed by atoms with Crippen molar-refractivity contribution in [3.63, 3.8) is 0 Å². The zero-order chi connectivity index (χ0) is 7.40. The molecule has 1 rings (SSSR count). The summed E-state index contributed by atoms with van der Waals surface area (Å²) in [5.74, 6) is 0.770. The maximum atomic E-state index is 10.6. The van der Waals surface area contributed by atoms with Gasteiger partial charge in [0, 0.05) is 5.75 Å². The van der Waals surface area contributed by atoms with Crippen LogP contribution in [-0.4, -0.2) is 29.3 Å². The van der Waals surface area contributed by atoms with Crippen molar-refractivity contribution in [2.45, 2.75) is 0 Å². The number of halogens is 1. The Morgan fingerprint density at radius 2 is 2.70 bits per heavy atom. The van der Waals surface area contributed by atoms with Crippen molar-refractivity contribution in [1.82, 2.24) is 5.32 Å². The number of amides is 1. The third-order valence-electron chi connectivity index (χ3n) is 0.953. The quantitative estimate of drug-likeness (QED) is 0.593. The second-order valence-electron chi connectivity index (χ2n) is 1.72. The normalized spacial score (nSPS) is 16.7. The van der Waals surface area contributed by atoms with Crippen LogP contribution in [0, 0.1) is 0 Å². The molecule has 0 fully saturated rings. The molecule has 1 aliphatic rings. The highest BCUT2D eigenvalue weighted by Gasteiger charge is 2.08. The van der Waals surface area contributed by atoms with Gasteiger partial charge in [-0.2, -0.15) is 0 Å². The van der Waals surface area contributed by atoms with Gasteiger partial charge < -0.3 is 5.32 Å². The van der Waals surface area contributed by atoms with Crippen LogP contribution >= 0.6 is 23.4 Å². The molecule has 1 aliphatic heterocycles. The Bertz CT molecular complexity index is 171. The smallest absolute Gasteiger partial charge is 0.240 e. The van der Waals surface area contributed by atoms with Crippen molar-refractivity contribution < 1.29 is 4.79 Å². The fourth-order valence-corrected chi connectivity index (χ4v) is 1.37. The van der Waals surface area contributed by atoms with Gasteiger partial charge in [0.25, 0.3) is 0 Å². The van der Waals surface area contributed by atoms with E-state index in [4.69, 9.17) is 11.6 Å². The monoisotopic (exact) mass is 178 g/mol. The SMILES string of the molecule is O=C(CCl)NC1=NCCS1. The van der Waals surface area contributed by atoms with Crippen LogP contribution in [0.3, 0.4) is 0 Å². The van der Waals surface area contributed by atoms with Crippen LogP contribution in [0.15, 0.2) is 4.99 Å². The highest BCUT2D eigenvalue weighted by Crippen LogP contribution is 2.08. The van der Waals surface area contributed by atoms with Crippen molar-refractivity contribution in [3.05, 3.63) is 0 Å². The van der Waals surface area contributed by atoms with Crippen molar-refractivity contribution in [3.8, 4) is 0 Å². The molecular formula is C5H7ClN2OS. The first-order valence-electron chi connectivity index (χ1n) is 2.86. The van der Waals surface area contributed by atoms with E-state index in [-0.39, 0.29) is 11.8 Å². The number of rotatable bonds is 1. The van der Waals surface area contributed by atoms with Crippen LogP contribution in [-0.2, 0) is 4.79 Å². The second kappa shape index (κ2) is 3.83. The largest absolute Gasteiger partial charge is 0.304 e. The lowest BCUT2D eigenvalue weighted by Gasteiger charge is -1.98. The molecular weight excluding hydrogens is 172 g/mol. The number of hydrogen-bond acceptors (Lipinski definition) is 3. The van der Waals surface area contributed by atoms with Gasteiger partial charge in [-0.15, -0.1) is 11.6 Å². The molecule has 0 radical (unpaired) electrons. The van der Waals surface area contributed by atoms with Crippen molar-refractivity contribution >= 4 is 34.4 Å². The van der Waals surface area contributed by atoms with E-state index in [1.165, 1.54) is 0 Å². The number of hydrogen-bond donors (Lipinski definition) is 1. The van der Waals surface area contributed by atoms with Crippen LogP contribution in [0.5, 0.6) is 0 Å². The summed E-state index contributed by atoms with van der Waals surface area (Å²) in [6.45, 7) is 0.794. The molecule has 0 aromatic heterocycles. The Labute approximate surface area is 68.2 Å². The topological polar surface area (TPSA) is 41.5 Å². The molecule has 0 saturated heterocycles. The second-order valence-corrected chi connectivity index (χ2v) is 3.07. The molecule has 0 saturated carbocycles. The number of carbonyl (C=O) groups excluding carboxylic acids is 1. The minimum atomic E-state index is -0.185. The Balaban J connectivity index is 2.30. The van der Waals surface area contributed by atoms with Gasteiger partial charge >= 0.3 is 0 Å². The van der Waals surface area contributed by atoms with Gasteiger partial charge in [0.1, 0.15) is 5.88 Å². The van der Waals surface area contributed by atoms with Gasteiger partial charge in [0.15, 0.2) is 5.17 Å². The number of thioether (sulfide) groups is 1. The highest BCUT2D eigenvalue weighted by atomic mass is 35.5. The number of nitrogens with one attached hydrogen (secondary N) is 1. The minimum Gasteiger partial charge on any atom is -0.304 e. The van der Waals surface area contributed by atoms with Crippen LogP contribution in [0.4, 0.5) is 0 Å². The number of aliphatic imine (C=N–C) groups is 1. The first-order valence-corrected chi connectivity index (χ1v) is 4.38. The van der Waals surface area contributed by atoms with E-state index in [0.29, 0.717) is 5.17 Å². The fourth-order valence-electron chi connectivity index (χ4n) is 0.563. The summed E-state index contributed by atoms with van der Waals surface area (Å²) in [6, 6.07) is 0. The van der Waals surface area contributed by atoms with Crippen LogP contribution in [0.25, 0.3) is 0 Å². The van der Waals surface area contributed by atoms with Crippen LogP contribution in [0.2, 0.25) is 0 Å². The van der Waals surface area contributed by atoms with E-state index in [0.717, 1.165) is 12.3 Å². The van der Waals surface area contributed by atoms with E-state index < -0.39 is 0 Å². The van der Waals surface area contributed by atoms with Crippen molar-refractivity contribution in [2.24, 2.45) is 4.99 Å². The van der Waals surface area contributed by atoms with Crippen LogP contribution in [0.1, 0.15) is 0 Å². The number of carbonyl (C=O) groups is 1. The Kier molecular flexibility index (Phi) is 3.02. The number of amidine groups is 1. The van der Waals surface area contributed by atoms with Gasteiger partial charge in [0.2, 0.25) is 5.91 Å². The van der Waals surface area contributed by atoms with E-state index >= 15 is 0 Å². The average molecular weight is 179 g/mol. The van der Waals surface area contributed by atoms with Crippen molar-refractivity contribution in [2.75, 3.05) is 18.2 Å². The lowest BCUT2D eigenvalue weighted by atomic mass is 10.7. The third-order valence-corrected chi connectivity index (χ3v) is 2.09. The molecule has 1 heterocycles. The van der Waals surface area contributed by atoms with Gasteiger partial charge in [-0.3, -0.25) is 9.79 Å². The van der Waals surface area contributed by atoms with E-state index in [9.17, 15) is 4.79 Å². The fraction of sp³-hybridized carbons (Fsp3) is 0.600. The molecule has 3 nitrogen and oxygen atoms in total. The van der Waals surface area contributed by atoms with E-state index in [1.807, 2.05) is 0 Å². The summed E-state index contributed by atoms with van der Waals surface area (Å²) >= 11 is 6.80. The molecule has 56 valence electrons. The van der Waals surface area contributed by atoms with E-state index in [2.05, 4.69) is 10.3 Å². The lowest BCUT2D eigenvalue weighted by molar-refractivity contribution is -0.117. The standard InChI is InChI=1S/C5H7ClN2OS/c6-3-4(9)8-5-7-1-2-10-5/h1-3H2,(H,7,8,9). The zero-order valence-electron chi connectivity index (χ0n) is 5.26. The lowest BCUT2D eigenvalue weighted by Crippen LogP contribution is -2.28. The zero-order valence-corrected chi connectivity index (χ0v) is 6.84.